The standard InChI is InChI=1S/C13H16ClNO3/c1-9(15)5-10-6-12-13(18-8-17-12)7-11(10)16-4-2-3-14/h2-3,6-7,9H,4-5,8,15H2,1H3. The third-order valence-corrected chi connectivity index (χ3v) is 2.70. The number of hydrogen-bond donors (Lipinski definition) is 1. The van der Waals surface area contributed by atoms with E-state index in [2.05, 4.69) is 0 Å². The van der Waals surface area contributed by atoms with Crippen LogP contribution in [0.25, 0.3) is 0 Å². The molecule has 0 radical (unpaired) electrons. The number of nitrogens with two attached hydrogens (primary N) is 1. The minimum atomic E-state index is 0.0521. The van der Waals surface area contributed by atoms with Crippen molar-refractivity contribution in [2.24, 2.45) is 5.73 Å². The maximum Gasteiger partial charge on any atom is 0.231 e. The molecule has 98 valence electrons. The lowest BCUT2D eigenvalue weighted by molar-refractivity contribution is 0.174. The summed E-state index contributed by atoms with van der Waals surface area (Å²) in [5.74, 6) is 2.20. The molecule has 18 heavy (non-hydrogen) atoms. The van der Waals surface area contributed by atoms with Crippen LogP contribution < -0.4 is 19.9 Å². The average Bonchev–Trinajstić information content (AvgIpc) is 2.75. The molecule has 2 N–H and O–H groups in total. The quantitative estimate of drug-likeness (QED) is 0.892. The summed E-state index contributed by atoms with van der Waals surface area (Å²) in [6.07, 6.45) is 2.44. The van der Waals surface area contributed by atoms with E-state index in [1.807, 2.05) is 19.1 Å². The molecular formula is C13H16ClNO3. The van der Waals surface area contributed by atoms with Crippen LogP contribution in [0.3, 0.4) is 0 Å². The van der Waals surface area contributed by atoms with E-state index in [1.165, 1.54) is 5.54 Å². The van der Waals surface area contributed by atoms with E-state index in [0.717, 1.165) is 23.5 Å². The van der Waals surface area contributed by atoms with Gasteiger partial charge in [-0.2, -0.15) is 0 Å². The van der Waals surface area contributed by atoms with Gasteiger partial charge in [-0.05, 0) is 31.1 Å². The second-order valence-electron chi connectivity index (χ2n) is 4.17. The van der Waals surface area contributed by atoms with Crippen molar-refractivity contribution in [2.75, 3.05) is 13.4 Å². The first kappa shape index (κ1) is 13.1. The predicted molar refractivity (Wildman–Crippen MR) is 70.4 cm³/mol. The highest BCUT2D eigenvalue weighted by molar-refractivity contribution is 6.25. The molecule has 0 spiro atoms. The number of ether oxygens (including phenoxy) is 3. The first-order chi connectivity index (χ1) is 8.70. The molecule has 1 atom stereocenters. The van der Waals surface area contributed by atoms with E-state index in [4.69, 9.17) is 31.5 Å². The average molecular weight is 270 g/mol. The molecule has 0 saturated heterocycles. The second-order valence-corrected chi connectivity index (χ2v) is 4.42. The zero-order chi connectivity index (χ0) is 13.0. The van der Waals surface area contributed by atoms with Gasteiger partial charge < -0.3 is 19.9 Å². The van der Waals surface area contributed by atoms with Gasteiger partial charge in [0.15, 0.2) is 11.5 Å². The summed E-state index contributed by atoms with van der Waals surface area (Å²) < 4.78 is 16.3. The molecule has 1 heterocycles. The molecule has 1 aromatic rings. The minimum Gasteiger partial charge on any atom is -0.489 e. The number of fused-ring (bicyclic) bond motifs is 1. The van der Waals surface area contributed by atoms with Crippen LogP contribution in [0.2, 0.25) is 0 Å². The van der Waals surface area contributed by atoms with Gasteiger partial charge in [0.1, 0.15) is 12.4 Å². The monoisotopic (exact) mass is 269 g/mol. The molecule has 0 aromatic heterocycles. The molecule has 1 aliphatic rings. The molecule has 1 aromatic carbocycles. The Morgan fingerprint density at radius 1 is 1.44 bits per heavy atom. The summed E-state index contributed by atoms with van der Waals surface area (Å²) in [4.78, 5) is 0. The first-order valence-electron chi connectivity index (χ1n) is 5.77. The molecule has 0 bridgehead atoms. The summed E-state index contributed by atoms with van der Waals surface area (Å²) in [5.41, 5.74) is 8.27. The molecule has 1 unspecified atom stereocenters. The summed E-state index contributed by atoms with van der Waals surface area (Å²) in [6.45, 7) is 2.61. The van der Waals surface area contributed by atoms with Gasteiger partial charge in [-0.25, -0.2) is 0 Å². The van der Waals surface area contributed by atoms with Crippen LogP contribution in [0.4, 0.5) is 0 Å². The highest BCUT2D eigenvalue weighted by atomic mass is 35.5. The van der Waals surface area contributed by atoms with Crippen molar-refractivity contribution in [2.45, 2.75) is 19.4 Å². The normalized spacial score (nSPS) is 15.1. The Kier molecular flexibility index (Phi) is 4.33. The largest absolute Gasteiger partial charge is 0.489 e. The van der Waals surface area contributed by atoms with E-state index in [9.17, 15) is 0 Å². The van der Waals surface area contributed by atoms with Crippen molar-refractivity contribution in [1.29, 1.82) is 0 Å². The first-order valence-corrected chi connectivity index (χ1v) is 6.20. The minimum absolute atomic E-state index is 0.0521. The Balaban J connectivity index is 2.23. The van der Waals surface area contributed by atoms with Gasteiger partial charge >= 0.3 is 0 Å². The molecule has 0 saturated carbocycles. The van der Waals surface area contributed by atoms with Crippen molar-refractivity contribution in [1.82, 2.24) is 0 Å². The Hall–Kier alpha value is -1.39. The molecule has 2 rings (SSSR count). The van der Waals surface area contributed by atoms with Crippen LogP contribution in [0.5, 0.6) is 17.2 Å². The predicted octanol–water partition coefficient (Wildman–Crippen LogP) is 2.44. The maximum atomic E-state index is 5.83. The van der Waals surface area contributed by atoms with E-state index in [0.29, 0.717) is 12.4 Å². The van der Waals surface area contributed by atoms with Crippen LogP contribution in [0.15, 0.2) is 23.7 Å². The smallest absolute Gasteiger partial charge is 0.231 e. The fourth-order valence-electron chi connectivity index (χ4n) is 1.78. The molecule has 4 nitrogen and oxygen atoms in total. The van der Waals surface area contributed by atoms with Gasteiger partial charge in [0.05, 0.1) is 0 Å². The molecular weight excluding hydrogens is 254 g/mol. The van der Waals surface area contributed by atoms with Crippen molar-refractivity contribution >= 4 is 11.6 Å². The Morgan fingerprint density at radius 3 is 2.83 bits per heavy atom. The van der Waals surface area contributed by atoms with Crippen LogP contribution in [0.1, 0.15) is 12.5 Å². The summed E-state index contributed by atoms with van der Waals surface area (Å²) >= 11 is 5.46. The fourth-order valence-corrected chi connectivity index (χ4v) is 1.85. The molecule has 0 fully saturated rings. The second kappa shape index (κ2) is 5.98. The Bertz CT molecular complexity index is 446. The van der Waals surface area contributed by atoms with Crippen LogP contribution in [-0.4, -0.2) is 19.4 Å². The highest BCUT2D eigenvalue weighted by Gasteiger charge is 2.18. The number of benzene rings is 1. The SMILES string of the molecule is CC(N)Cc1cc2c(cc1OCC=CCl)OCO2. The van der Waals surface area contributed by atoms with Gasteiger partial charge in [0.2, 0.25) is 6.79 Å². The van der Waals surface area contributed by atoms with Crippen LogP contribution in [-0.2, 0) is 6.42 Å². The lowest BCUT2D eigenvalue weighted by atomic mass is 10.1. The topological polar surface area (TPSA) is 53.7 Å². The van der Waals surface area contributed by atoms with Gasteiger partial charge in [-0.3, -0.25) is 0 Å². The van der Waals surface area contributed by atoms with E-state index in [1.54, 1.807) is 6.08 Å². The van der Waals surface area contributed by atoms with Crippen molar-refractivity contribution in [3.63, 3.8) is 0 Å². The summed E-state index contributed by atoms with van der Waals surface area (Å²) in [6, 6.07) is 3.81. The van der Waals surface area contributed by atoms with Crippen molar-refractivity contribution < 1.29 is 14.2 Å². The molecule has 5 heteroatoms. The highest BCUT2D eigenvalue weighted by Crippen LogP contribution is 2.38. The zero-order valence-electron chi connectivity index (χ0n) is 10.2. The summed E-state index contributed by atoms with van der Waals surface area (Å²) in [5, 5.41) is 0. The fraction of sp³-hybridized carbons (Fsp3) is 0.385. The number of halogens is 1. The Labute approximate surface area is 111 Å². The third kappa shape index (κ3) is 3.09. The Morgan fingerprint density at radius 2 is 2.17 bits per heavy atom. The van der Waals surface area contributed by atoms with Gasteiger partial charge in [0, 0.05) is 17.6 Å². The third-order valence-electron chi connectivity index (χ3n) is 2.52. The van der Waals surface area contributed by atoms with Crippen LogP contribution in [0, 0.1) is 0 Å². The van der Waals surface area contributed by atoms with E-state index >= 15 is 0 Å². The maximum absolute atomic E-state index is 5.83. The lowest BCUT2D eigenvalue weighted by Gasteiger charge is -2.13. The van der Waals surface area contributed by atoms with E-state index in [-0.39, 0.29) is 12.8 Å². The zero-order valence-corrected chi connectivity index (χ0v) is 10.9. The van der Waals surface area contributed by atoms with Gasteiger partial charge in [0.25, 0.3) is 0 Å². The number of rotatable bonds is 5. The number of hydrogen-bond acceptors (Lipinski definition) is 4. The lowest BCUT2D eigenvalue weighted by Crippen LogP contribution is -2.18. The van der Waals surface area contributed by atoms with Crippen molar-refractivity contribution in [3.8, 4) is 17.2 Å². The summed E-state index contributed by atoms with van der Waals surface area (Å²) in [7, 11) is 0. The molecule has 0 aliphatic carbocycles. The van der Waals surface area contributed by atoms with Gasteiger partial charge in [-0.1, -0.05) is 11.6 Å². The van der Waals surface area contributed by atoms with E-state index < -0.39 is 0 Å². The molecule has 1 aliphatic heterocycles. The van der Waals surface area contributed by atoms with Crippen LogP contribution >= 0.6 is 11.6 Å². The molecule has 0 amide bonds. The van der Waals surface area contributed by atoms with Gasteiger partial charge in [-0.15, -0.1) is 0 Å². The van der Waals surface area contributed by atoms with Crippen molar-refractivity contribution in [3.05, 3.63) is 29.3 Å².